The summed E-state index contributed by atoms with van der Waals surface area (Å²) in [5.74, 6) is -0.602. The minimum absolute atomic E-state index is 0.0291. The van der Waals surface area contributed by atoms with Gasteiger partial charge in [0, 0.05) is 22.2 Å². The molecule has 7 heteroatoms. The van der Waals surface area contributed by atoms with E-state index in [4.69, 9.17) is 16.3 Å². The molecule has 1 aliphatic heterocycles. The van der Waals surface area contributed by atoms with Crippen LogP contribution in [-0.4, -0.2) is 16.8 Å². The molecule has 0 unspecified atom stereocenters. The molecule has 0 aromatic heterocycles. The molecule has 24 heavy (non-hydrogen) atoms. The molecule has 0 amide bonds. The smallest absolute Gasteiger partial charge is 0.363 e. The van der Waals surface area contributed by atoms with Gasteiger partial charge in [-0.3, -0.25) is 10.1 Å². The molecule has 0 radical (unpaired) electrons. The van der Waals surface area contributed by atoms with Crippen molar-refractivity contribution in [2.24, 2.45) is 4.99 Å². The fraction of sp³-hybridized carbons (Fsp3) is 0.0588. The van der Waals surface area contributed by atoms with Crippen LogP contribution in [-0.2, 0) is 9.53 Å². The zero-order valence-electron chi connectivity index (χ0n) is 12.5. The zero-order valence-corrected chi connectivity index (χ0v) is 13.3. The molecule has 0 aliphatic carbocycles. The first-order valence-electron chi connectivity index (χ1n) is 6.98. The number of nitrogens with zero attached hydrogens (tertiary/aromatic N) is 2. The van der Waals surface area contributed by atoms with Gasteiger partial charge in [-0.2, -0.15) is 0 Å². The predicted molar refractivity (Wildman–Crippen MR) is 89.9 cm³/mol. The second kappa shape index (κ2) is 6.25. The lowest BCUT2D eigenvalue weighted by molar-refractivity contribution is -0.385. The molecule has 1 aliphatic rings. The molecule has 1 heterocycles. The second-order valence-electron chi connectivity index (χ2n) is 5.12. The number of cyclic esters (lactones) is 1. The van der Waals surface area contributed by atoms with E-state index in [2.05, 4.69) is 4.99 Å². The van der Waals surface area contributed by atoms with Crippen LogP contribution in [0.4, 0.5) is 5.69 Å². The molecule has 2 aromatic rings. The number of nitro benzene ring substituents is 1. The van der Waals surface area contributed by atoms with Gasteiger partial charge >= 0.3 is 5.97 Å². The van der Waals surface area contributed by atoms with Crippen molar-refractivity contribution in [3.8, 4) is 0 Å². The number of benzene rings is 2. The molecule has 6 nitrogen and oxygen atoms in total. The number of halogens is 1. The van der Waals surface area contributed by atoms with Crippen LogP contribution >= 0.6 is 11.6 Å². The van der Waals surface area contributed by atoms with Crippen LogP contribution in [0.1, 0.15) is 16.7 Å². The molecule has 0 atom stereocenters. The summed E-state index contributed by atoms with van der Waals surface area (Å²) in [6, 6.07) is 11.5. The number of nitro groups is 1. The van der Waals surface area contributed by atoms with Crippen molar-refractivity contribution in [3.05, 3.63) is 80.0 Å². The number of aryl methyl sites for hydroxylation is 1. The Hall–Kier alpha value is -2.99. The molecule has 2 aromatic carbocycles. The molecule has 0 N–H and O–H groups in total. The minimum Gasteiger partial charge on any atom is -0.402 e. The monoisotopic (exact) mass is 342 g/mol. The highest BCUT2D eigenvalue weighted by molar-refractivity contribution is 6.32. The van der Waals surface area contributed by atoms with Crippen LogP contribution in [0.25, 0.3) is 6.08 Å². The lowest BCUT2D eigenvalue weighted by Gasteiger charge is -2.01. The first-order valence-corrected chi connectivity index (χ1v) is 7.36. The molecule has 0 bridgehead atoms. The van der Waals surface area contributed by atoms with Crippen molar-refractivity contribution in [2.75, 3.05) is 0 Å². The second-order valence-corrected chi connectivity index (χ2v) is 5.52. The SMILES string of the molecule is Cc1ccc(C2=N/C(=C\c3ccccc3Cl)C(=O)O2)cc1[N+](=O)[O-]. The van der Waals surface area contributed by atoms with E-state index in [-0.39, 0.29) is 17.3 Å². The maximum absolute atomic E-state index is 12.0. The minimum atomic E-state index is -0.631. The van der Waals surface area contributed by atoms with Gasteiger partial charge in [-0.25, -0.2) is 9.79 Å². The van der Waals surface area contributed by atoms with E-state index in [1.165, 1.54) is 12.1 Å². The van der Waals surface area contributed by atoms with Crippen molar-refractivity contribution in [2.45, 2.75) is 6.92 Å². The standard InChI is InChI=1S/C17H11ClN2O4/c1-10-6-7-12(9-15(10)20(22)23)16-19-14(17(21)24-16)8-11-4-2-3-5-13(11)18/h2-9H,1H3/b14-8-. The Labute approximate surface area is 142 Å². The Morgan fingerprint density at radius 3 is 2.71 bits per heavy atom. The van der Waals surface area contributed by atoms with E-state index >= 15 is 0 Å². The van der Waals surface area contributed by atoms with Gasteiger partial charge in [0.05, 0.1) is 4.92 Å². The fourth-order valence-electron chi connectivity index (χ4n) is 2.21. The van der Waals surface area contributed by atoms with E-state index in [1.807, 2.05) is 0 Å². The normalized spacial score (nSPS) is 15.3. The highest BCUT2D eigenvalue weighted by Gasteiger charge is 2.26. The number of aliphatic imine (C=N–C) groups is 1. The highest BCUT2D eigenvalue weighted by Crippen LogP contribution is 2.25. The summed E-state index contributed by atoms with van der Waals surface area (Å²) in [5, 5.41) is 11.5. The maximum atomic E-state index is 12.0. The van der Waals surface area contributed by atoms with Gasteiger partial charge in [0.15, 0.2) is 5.70 Å². The third-order valence-corrected chi connectivity index (χ3v) is 3.81. The number of rotatable bonds is 3. The number of ether oxygens (including phenoxy) is 1. The number of carbonyl (C=O) groups is 1. The number of esters is 1. The van der Waals surface area contributed by atoms with E-state index in [9.17, 15) is 14.9 Å². The molecule has 3 rings (SSSR count). The Balaban J connectivity index is 2.00. The number of carbonyl (C=O) groups excluding carboxylic acids is 1. The molecule has 0 fully saturated rings. The summed E-state index contributed by atoms with van der Waals surface area (Å²) in [7, 11) is 0. The van der Waals surface area contributed by atoms with Gasteiger partial charge in [0.25, 0.3) is 5.69 Å². The highest BCUT2D eigenvalue weighted by atomic mass is 35.5. The van der Waals surface area contributed by atoms with Crippen molar-refractivity contribution < 1.29 is 14.5 Å². The van der Waals surface area contributed by atoms with Gasteiger partial charge in [-0.1, -0.05) is 35.9 Å². The Kier molecular flexibility index (Phi) is 4.14. The van der Waals surface area contributed by atoms with Crippen LogP contribution in [0, 0.1) is 17.0 Å². The van der Waals surface area contributed by atoms with E-state index in [0.717, 1.165) is 0 Å². The molecule has 0 spiro atoms. The zero-order chi connectivity index (χ0) is 17.3. The van der Waals surface area contributed by atoms with Crippen molar-refractivity contribution in [3.63, 3.8) is 0 Å². The molecule has 120 valence electrons. The van der Waals surface area contributed by atoms with Crippen LogP contribution in [0.15, 0.2) is 53.2 Å². The molecule has 0 saturated heterocycles. The van der Waals surface area contributed by atoms with Gasteiger partial charge in [-0.05, 0) is 30.7 Å². The Morgan fingerprint density at radius 1 is 1.25 bits per heavy atom. The molecular formula is C17H11ClN2O4. The number of hydrogen-bond donors (Lipinski definition) is 0. The van der Waals surface area contributed by atoms with Crippen LogP contribution < -0.4 is 0 Å². The summed E-state index contributed by atoms with van der Waals surface area (Å²) in [6.45, 7) is 1.63. The first-order chi connectivity index (χ1) is 11.5. The van der Waals surface area contributed by atoms with Gasteiger partial charge in [-0.15, -0.1) is 0 Å². The van der Waals surface area contributed by atoms with Crippen LogP contribution in [0.3, 0.4) is 0 Å². The van der Waals surface area contributed by atoms with Crippen molar-refractivity contribution >= 4 is 35.2 Å². The van der Waals surface area contributed by atoms with Gasteiger partial charge in [0.1, 0.15) is 0 Å². The Morgan fingerprint density at radius 2 is 2.00 bits per heavy atom. The largest absolute Gasteiger partial charge is 0.402 e. The van der Waals surface area contributed by atoms with Crippen molar-refractivity contribution in [1.82, 2.24) is 0 Å². The Bertz CT molecular complexity index is 919. The molecular weight excluding hydrogens is 332 g/mol. The quantitative estimate of drug-likeness (QED) is 0.366. The fourth-order valence-corrected chi connectivity index (χ4v) is 2.40. The van der Waals surface area contributed by atoms with E-state index in [0.29, 0.717) is 21.7 Å². The topological polar surface area (TPSA) is 81.8 Å². The summed E-state index contributed by atoms with van der Waals surface area (Å²) in [4.78, 5) is 26.6. The lowest BCUT2D eigenvalue weighted by Crippen LogP contribution is -2.06. The lowest BCUT2D eigenvalue weighted by atomic mass is 10.1. The average Bonchev–Trinajstić information content (AvgIpc) is 2.91. The maximum Gasteiger partial charge on any atom is 0.363 e. The van der Waals surface area contributed by atoms with Crippen LogP contribution in [0.2, 0.25) is 5.02 Å². The summed E-state index contributed by atoms with van der Waals surface area (Å²) < 4.78 is 5.12. The van der Waals surface area contributed by atoms with Crippen molar-refractivity contribution in [1.29, 1.82) is 0 Å². The summed E-state index contributed by atoms with van der Waals surface area (Å²) in [5.41, 5.74) is 1.53. The first kappa shape index (κ1) is 15.9. The third-order valence-electron chi connectivity index (χ3n) is 3.47. The molecule has 0 saturated carbocycles. The third kappa shape index (κ3) is 3.04. The van der Waals surface area contributed by atoms with E-state index < -0.39 is 10.9 Å². The number of hydrogen-bond acceptors (Lipinski definition) is 5. The summed E-state index contributed by atoms with van der Waals surface area (Å²) in [6.07, 6.45) is 1.51. The van der Waals surface area contributed by atoms with Gasteiger partial charge in [0.2, 0.25) is 5.90 Å². The predicted octanol–water partition coefficient (Wildman–Crippen LogP) is 3.90. The van der Waals surface area contributed by atoms with Crippen LogP contribution in [0.5, 0.6) is 0 Å². The van der Waals surface area contributed by atoms with Gasteiger partial charge < -0.3 is 4.74 Å². The average molecular weight is 343 g/mol. The summed E-state index contributed by atoms with van der Waals surface area (Å²) >= 11 is 6.06. The van der Waals surface area contributed by atoms with E-state index in [1.54, 1.807) is 43.3 Å².